The van der Waals surface area contributed by atoms with Crippen LogP contribution in [0.4, 0.5) is 0 Å². The third-order valence-electron chi connectivity index (χ3n) is 4.83. The van der Waals surface area contributed by atoms with Gasteiger partial charge in [-0.25, -0.2) is 0 Å². The van der Waals surface area contributed by atoms with E-state index in [1.165, 1.54) is 83.5 Å². The highest BCUT2D eigenvalue weighted by Crippen LogP contribution is 2.37. The Morgan fingerprint density at radius 1 is 0.750 bits per heavy atom. The topological polar surface area (TPSA) is 0 Å². The fourth-order valence-electron chi connectivity index (χ4n) is 2.95. The first-order valence-corrected chi connectivity index (χ1v) is 9.55. The summed E-state index contributed by atoms with van der Waals surface area (Å²) in [6.45, 7) is 10.6. The van der Waals surface area contributed by atoms with Crippen molar-refractivity contribution in [1.82, 2.24) is 0 Å². The molecule has 2 unspecified atom stereocenters. The van der Waals surface area contributed by atoms with Gasteiger partial charge in [0, 0.05) is 0 Å². The van der Waals surface area contributed by atoms with Gasteiger partial charge < -0.3 is 0 Å². The summed E-state index contributed by atoms with van der Waals surface area (Å²) in [5, 5.41) is 0. The Kier molecular flexibility index (Phi) is 15.4. The molecular weight excluding hydrogens is 240 g/mol. The van der Waals surface area contributed by atoms with Crippen LogP contribution < -0.4 is 0 Å². The molecular formula is C20H41. The zero-order valence-corrected chi connectivity index (χ0v) is 14.8. The van der Waals surface area contributed by atoms with Crippen LogP contribution >= 0.6 is 0 Å². The maximum absolute atomic E-state index is 3.72. The van der Waals surface area contributed by atoms with Crippen LogP contribution in [0.5, 0.6) is 0 Å². The Labute approximate surface area is 130 Å². The van der Waals surface area contributed by atoms with Crippen LogP contribution in [0, 0.1) is 18.8 Å². The van der Waals surface area contributed by atoms with Crippen LogP contribution in [-0.2, 0) is 0 Å². The quantitative estimate of drug-likeness (QED) is 0.342. The van der Waals surface area contributed by atoms with Gasteiger partial charge >= 0.3 is 0 Å². The molecule has 0 amide bonds. The molecule has 121 valence electrons. The molecule has 1 fully saturated rings. The predicted molar refractivity (Wildman–Crippen MR) is 94.0 cm³/mol. The molecule has 0 bridgehead atoms. The molecule has 1 rings (SSSR count). The number of hydrogen-bond acceptors (Lipinski definition) is 0. The van der Waals surface area contributed by atoms with E-state index in [4.69, 9.17) is 0 Å². The van der Waals surface area contributed by atoms with E-state index in [1.807, 2.05) is 0 Å². The van der Waals surface area contributed by atoms with Crippen LogP contribution in [-0.4, -0.2) is 0 Å². The maximum Gasteiger partial charge on any atom is -0.0388 e. The summed E-state index contributed by atoms with van der Waals surface area (Å²) in [6.07, 6.45) is 19.9. The second-order valence-electron chi connectivity index (χ2n) is 6.79. The smallest absolute Gasteiger partial charge is 0.0388 e. The Morgan fingerprint density at radius 2 is 1.30 bits per heavy atom. The van der Waals surface area contributed by atoms with Crippen molar-refractivity contribution in [1.29, 1.82) is 0 Å². The van der Waals surface area contributed by atoms with Gasteiger partial charge in [0.1, 0.15) is 0 Å². The Hall–Kier alpha value is 0. The molecule has 0 aromatic heterocycles. The Balaban J connectivity index is 0.000000511. The summed E-state index contributed by atoms with van der Waals surface area (Å²) < 4.78 is 0. The molecule has 1 aliphatic carbocycles. The van der Waals surface area contributed by atoms with E-state index in [-0.39, 0.29) is 0 Å². The zero-order chi connectivity index (χ0) is 15.1. The van der Waals surface area contributed by atoms with Crippen LogP contribution in [0.15, 0.2) is 0 Å². The third kappa shape index (κ3) is 11.8. The predicted octanol–water partition coefficient (Wildman–Crippen LogP) is 7.57. The standard InChI is InChI=1S/C14H28.C6H13/c1-3-4-5-6-7-8-9-10-14-12-11-13(14)2;1-3-5-6-4-2/h13-14H,3-12H2,1-2H3;1,3-6H2,2H3. The summed E-state index contributed by atoms with van der Waals surface area (Å²) in [6, 6.07) is 0. The SMILES string of the molecule is CCCCCCCCCC1CCC1C.[CH2]CCCCC. The van der Waals surface area contributed by atoms with Gasteiger partial charge in [0.15, 0.2) is 0 Å². The molecule has 0 aliphatic heterocycles. The minimum atomic E-state index is 1.05. The number of unbranched alkanes of at least 4 members (excludes halogenated alkanes) is 9. The second-order valence-corrected chi connectivity index (χ2v) is 6.79. The summed E-state index contributed by atoms with van der Waals surface area (Å²) in [7, 11) is 0. The van der Waals surface area contributed by atoms with Crippen molar-refractivity contribution in [2.75, 3.05) is 0 Å². The Morgan fingerprint density at radius 3 is 1.70 bits per heavy atom. The molecule has 1 radical (unpaired) electrons. The number of rotatable bonds is 11. The molecule has 0 heterocycles. The van der Waals surface area contributed by atoms with Crippen molar-refractivity contribution in [2.45, 2.75) is 111 Å². The highest BCUT2D eigenvalue weighted by atomic mass is 14.3. The van der Waals surface area contributed by atoms with E-state index in [0.29, 0.717) is 0 Å². The lowest BCUT2D eigenvalue weighted by molar-refractivity contribution is 0.178. The van der Waals surface area contributed by atoms with E-state index in [9.17, 15) is 0 Å². The lowest BCUT2D eigenvalue weighted by atomic mass is 9.72. The van der Waals surface area contributed by atoms with E-state index in [0.717, 1.165) is 18.3 Å². The van der Waals surface area contributed by atoms with E-state index >= 15 is 0 Å². The molecule has 0 nitrogen and oxygen atoms in total. The normalized spacial score (nSPS) is 21.0. The molecule has 0 aromatic rings. The molecule has 0 aromatic carbocycles. The highest BCUT2D eigenvalue weighted by molar-refractivity contribution is 4.76. The van der Waals surface area contributed by atoms with Gasteiger partial charge in [-0.1, -0.05) is 111 Å². The van der Waals surface area contributed by atoms with Crippen molar-refractivity contribution in [3.05, 3.63) is 6.92 Å². The van der Waals surface area contributed by atoms with Crippen molar-refractivity contribution >= 4 is 0 Å². The molecule has 0 spiro atoms. The fraction of sp³-hybridized carbons (Fsp3) is 0.950. The van der Waals surface area contributed by atoms with Gasteiger partial charge in [-0.05, 0) is 18.3 Å². The van der Waals surface area contributed by atoms with Crippen molar-refractivity contribution in [2.24, 2.45) is 11.8 Å². The van der Waals surface area contributed by atoms with Crippen molar-refractivity contribution in [3.63, 3.8) is 0 Å². The summed E-state index contributed by atoms with van der Waals surface area (Å²) in [5.74, 6) is 2.15. The van der Waals surface area contributed by atoms with Crippen molar-refractivity contribution in [3.8, 4) is 0 Å². The van der Waals surface area contributed by atoms with E-state index < -0.39 is 0 Å². The average molecular weight is 282 g/mol. The van der Waals surface area contributed by atoms with E-state index in [1.54, 1.807) is 0 Å². The van der Waals surface area contributed by atoms with Crippen molar-refractivity contribution < 1.29 is 0 Å². The first-order valence-electron chi connectivity index (χ1n) is 9.55. The largest absolute Gasteiger partial charge is 0.0654 e. The van der Waals surface area contributed by atoms with Gasteiger partial charge in [-0.2, -0.15) is 0 Å². The summed E-state index contributed by atoms with van der Waals surface area (Å²) in [4.78, 5) is 0. The average Bonchev–Trinajstić information content (AvgIpc) is 2.47. The monoisotopic (exact) mass is 281 g/mol. The molecule has 1 saturated carbocycles. The zero-order valence-electron chi connectivity index (χ0n) is 14.8. The van der Waals surface area contributed by atoms with Gasteiger partial charge in [-0.15, -0.1) is 0 Å². The number of hydrogen-bond donors (Lipinski definition) is 0. The molecule has 20 heavy (non-hydrogen) atoms. The van der Waals surface area contributed by atoms with Crippen LogP contribution in [0.2, 0.25) is 0 Å². The van der Waals surface area contributed by atoms with Gasteiger partial charge in [-0.3, -0.25) is 0 Å². The molecule has 0 heteroatoms. The van der Waals surface area contributed by atoms with Crippen LogP contribution in [0.3, 0.4) is 0 Å². The lowest BCUT2D eigenvalue weighted by Gasteiger charge is -2.33. The summed E-state index contributed by atoms with van der Waals surface area (Å²) >= 11 is 0. The maximum atomic E-state index is 3.72. The molecule has 1 aliphatic rings. The molecule has 0 N–H and O–H groups in total. The van der Waals surface area contributed by atoms with Gasteiger partial charge in [0.05, 0.1) is 0 Å². The second kappa shape index (κ2) is 15.4. The minimum absolute atomic E-state index is 1.05. The van der Waals surface area contributed by atoms with Crippen LogP contribution in [0.25, 0.3) is 0 Å². The summed E-state index contributed by atoms with van der Waals surface area (Å²) in [5.41, 5.74) is 0. The first kappa shape index (κ1) is 20.0. The fourth-order valence-corrected chi connectivity index (χ4v) is 2.95. The van der Waals surface area contributed by atoms with E-state index in [2.05, 4.69) is 27.7 Å². The lowest BCUT2D eigenvalue weighted by Crippen LogP contribution is -2.22. The third-order valence-corrected chi connectivity index (χ3v) is 4.83. The Bertz CT molecular complexity index is 169. The first-order chi connectivity index (χ1) is 9.76. The molecule has 2 atom stereocenters. The van der Waals surface area contributed by atoms with Crippen LogP contribution in [0.1, 0.15) is 111 Å². The van der Waals surface area contributed by atoms with Gasteiger partial charge in [0.25, 0.3) is 0 Å². The molecule has 0 saturated heterocycles. The minimum Gasteiger partial charge on any atom is -0.0654 e. The highest BCUT2D eigenvalue weighted by Gasteiger charge is 2.25. The van der Waals surface area contributed by atoms with Gasteiger partial charge in [0.2, 0.25) is 0 Å².